The second-order valence-electron chi connectivity index (χ2n) is 2.21. The summed E-state index contributed by atoms with van der Waals surface area (Å²) in [7, 11) is 0. The molecule has 0 bridgehead atoms. The molecule has 4 nitrogen and oxygen atoms in total. The molecule has 0 atom stereocenters. The fraction of sp³-hybridized carbons (Fsp3) is 0. The maximum Gasteiger partial charge on any atom is 0.248 e. The van der Waals surface area contributed by atoms with E-state index in [1.54, 1.807) is 6.07 Å². The van der Waals surface area contributed by atoms with Crippen LogP contribution in [-0.4, -0.2) is 11.0 Å². The van der Waals surface area contributed by atoms with E-state index in [9.17, 15) is 4.79 Å². The highest BCUT2D eigenvalue weighted by Gasteiger charge is 2.04. The predicted molar refractivity (Wildman–Crippen MR) is 41.3 cm³/mol. The molecule has 0 saturated carbocycles. The van der Waals surface area contributed by atoms with Crippen molar-refractivity contribution >= 4 is 5.91 Å². The van der Waals surface area contributed by atoms with Crippen molar-refractivity contribution < 1.29 is 9.90 Å². The summed E-state index contributed by atoms with van der Waals surface area (Å²) in [5.74, 6) is -0.858. The third-order valence-electron chi connectivity index (χ3n) is 1.40. The monoisotopic (exact) mass is 162 g/mol. The molecule has 60 valence electrons. The average Bonchev–Trinajstić information content (AvgIpc) is 2.04. The third-order valence-corrected chi connectivity index (χ3v) is 1.40. The van der Waals surface area contributed by atoms with Crippen LogP contribution in [0.1, 0.15) is 15.9 Å². The summed E-state index contributed by atoms with van der Waals surface area (Å²) in [6.45, 7) is 0. The van der Waals surface area contributed by atoms with Gasteiger partial charge in [0.05, 0.1) is 5.56 Å². The predicted octanol–water partition coefficient (Wildman–Crippen LogP) is 0.363. The summed E-state index contributed by atoms with van der Waals surface area (Å²) in [4.78, 5) is 10.6. The minimum absolute atomic E-state index is 0.125. The number of nitrogens with zero attached hydrogens (tertiary/aromatic N) is 1. The molecule has 1 aromatic rings. The van der Waals surface area contributed by atoms with Crippen molar-refractivity contribution in [3.05, 3.63) is 29.3 Å². The second kappa shape index (κ2) is 2.93. The molecule has 4 heteroatoms. The summed E-state index contributed by atoms with van der Waals surface area (Å²) < 4.78 is 0. The van der Waals surface area contributed by atoms with Gasteiger partial charge in [0.2, 0.25) is 5.91 Å². The van der Waals surface area contributed by atoms with E-state index in [2.05, 4.69) is 0 Å². The molecule has 0 unspecified atom stereocenters. The molecule has 0 radical (unpaired) electrons. The molecule has 0 aromatic heterocycles. The lowest BCUT2D eigenvalue weighted by Crippen LogP contribution is -2.10. The Morgan fingerprint density at radius 2 is 2.25 bits per heavy atom. The van der Waals surface area contributed by atoms with Crippen LogP contribution >= 0.6 is 0 Å². The molecular weight excluding hydrogens is 156 g/mol. The molecule has 0 fully saturated rings. The fourth-order valence-electron chi connectivity index (χ4n) is 0.779. The number of aromatic hydroxyl groups is 1. The zero-order valence-corrected chi connectivity index (χ0v) is 6.11. The van der Waals surface area contributed by atoms with Gasteiger partial charge < -0.3 is 10.8 Å². The van der Waals surface area contributed by atoms with Crippen LogP contribution in [0.15, 0.2) is 18.2 Å². The maximum absolute atomic E-state index is 10.6. The Bertz CT molecular complexity index is 366. The summed E-state index contributed by atoms with van der Waals surface area (Å²) in [6.07, 6.45) is 0. The average molecular weight is 162 g/mol. The van der Waals surface area contributed by atoms with Crippen molar-refractivity contribution in [3.8, 4) is 11.8 Å². The van der Waals surface area contributed by atoms with Crippen LogP contribution in [0.5, 0.6) is 5.75 Å². The topological polar surface area (TPSA) is 87.1 Å². The van der Waals surface area contributed by atoms with Gasteiger partial charge in [-0.1, -0.05) is 0 Å². The maximum atomic E-state index is 10.6. The first-order valence-electron chi connectivity index (χ1n) is 3.18. The summed E-state index contributed by atoms with van der Waals surface area (Å²) >= 11 is 0. The number of nitrogens with two attached hydrogens (primary N) is 1. The highest BCUT2D eigenvalue weighted by molar-refractivity contribution is 5.93. The van der Waals surface area contributed by atoms with Crippen molar-refractivity contribution in [1.82, 2.24) is 0 Å². The van der Waals surface area contributed by atoms with Gasteiger partial charge in [-0.15, -0.1) is 0 Å². The quantitative estimate of drug-likeness (QED) is 0.625. The standard InChI is InChI=1S/C8H6N2O2/c9-4-6-2-1-5(8(10)12)3-7(6)11/h1-3,11H,(H2,10,12). The fourth-order valence-corrected chi connectivity index (χ4v) is 0.779. The van der Waals surface area contributed by atoms with E-state index in [0.29, 0.717) is 0 Å². The lowest BCUT2D eigenvalue weighted by atomic mass is 10.1. The SMILES string of the molecule is N#Cc1ccc(C(N)=O)cc1O. The Kier molecular flexibility index (Phi) is 1.97. The van der Waals surface area contributed by atoms with Crippen LogP contribution < -0.4 is 5.73 Å². The van der Waals surface area contributed by atoms with Gasteiger partial charge in [-0.25, -0.2) is 0 Å². The number of benzene rings is 1. The zero-order valence-electron chi connectivity index (χ0n) is 6.11. The molecule has 0 spiro atoms. The van der Waals surface area contributed by atoms with E-state index in [0.717, 1.165) is 0 Å². The van der Waals surface area contributed by atoms with Gasteiger partial charge in [0.25, 0.3) is 0 Å². The molecule has 0 aliphatic carbocycles. The number of carbonyl (C=O) groups excluding carboxylic acids is 1. The molecule has 0 heterocycles. The Morgan fingerprint density at radius 1 is 1.58 bits per heavy atom. The number of nitriles is 1. The second-order valence-corrected chi connectivity index (χ2v) is 2.21. The van der Waals surface area contributed by atoms with Crippen molar-refractivity contribution in [2.75, 3.05) is 0 Å². The molecule has 0 aliphatic rings. The first-order valence-corrected chi connectivity index (χ1v) is 3.18. The van der Waals surface area contributed by atoms with Gasteiger partial charge in [-0.3, -0.25) is 4.79 Å². The molecule has 0 aliphatic heterocycles. The van der Waals surface area contributed by atoms with Crippen LogP contribution in [0.2, 0.25) is 0 Å². The number of phenolic OH excluding ortho intramolecular Hbond substituents is 1. The van der Waals surface area contributed by atoms with E-state index < -0.39 is 5.91 Å². The Balaban J connectivity index is 3.21. The van der Waals surface area contributed by atoms with Crippen molar-refractivity contribution in [2.24, 2.45) is 5.73 Å². The Morgan fingerprint density at radius 3 is 2.67 bits per heavy atom. The van der Waals surface area contributed by atoms with E-state index >= 15 is 0 Å². The first-order chi connectivity index (χ1) is 5.65. The van der Waals surface area contributed by atoms with Gasteiger partial charge in [0.15, 0.2) is 0 Å². The highest BCUT2D eigenvalue weighted by atomic mass is 16.3. The van der Waals surface area contributed by atoms with Gasteiger partial charge >= 0.3 is 0 Å². The lowest BCUT2D eigenvalue weighted by Gasteiger charge is -1.97. The van der Waals surface area contributed by atoms with E-state index in [1.165, 1.54) is 18.2 Å². The van der Waals surface area contributed by atoms with Crippen molar-refractivity contribution in [3.63, 3.8) is 0 Å². The van der Waals surface area contributed by atoms with Gasteiger partial charge in [0.1, 0.15) is 11.8 Å². The number of rotatable bonds is 1. The van der Waals surface area contributed by atoms with Crippen LogP contribution in [0.25, 0.3) is 0 Å². The van der Waals surface area contributed by atoms with E-state index in [-0.39, 0.29) is 16.9 Å². The van der Waals surface area contributed by atoms with Crippen LogP contribution in [0, 0.1) is 11.3 Å². The van der Waals surface area contributed by atoms with Crippen molar-refractivity contribution in [1.29, 1.82) is 5.26 Å². The van der Waals surface area contributed by atoms with Crippen LogP contribution in [0.4, 0.5) is 0 Å². The highest BCUT2D eigenvalue weighted by Crippen LogP contribution is 2.16. The van der Waals surface area contributed by atoms with Crippen LogP contribution in [0.3, 0.4) is 0 Å². The minimum Gasteiger partial charge on any atom is -0.507 e. The molecule has 1 rings (SSSR count). The normalized spacial score (nSPS) is 8.92. The molecule has 1 aromatic carbocycles. The largest absolute Gasteiger partial charge is 0.507 e. The summed E-state index contributed by atoms with van der Waals surface area (Å²) in [5.41, 5.74) is 5.25. The number of carbonyl (C=O) groups is 1. The molecule has 12 heavy (non-hydrogen) atoms. The Labute approximate surface area is 68.8 Å². The molecule has 0 saturated heterocycles. The van der Waals surface area contributed by atoms with Crippen LogP contribution in [-0.2, 0) is 0 Å². The number of primary amides is 1. The number of phenols is 1. The third kappa shape index (κ3) is 1.35. The number of hydrogen-bond acceptors (Lipinski definition) is 3. The van der Waals surface area contributed by atoms with Gasteiger partial charge in [-0.05, 0) is 18.2 Å². The lowest BCUT2D eigenvalue weighted by molar-refractivity contribution is 0.1000. The smallest absolute Gasteiger partial charge is 0.248 e. The number of amides is 1. The van der Waals surface area contributed by atoms with E-state index in [1.807, 2.05) is 0 Å². The molecular formula is C8H6N2O2. The Hall–Kier alpha value is -2.02. The van der Waals surface area contributed by atoms with Crippen molar-refractivity contribution in [2.45, 2.75) is 0 Å². The zero-order chi connectivity index (χ0) is 9.14. The molecule has 3 N–H and O–H groups in total. The van der Waals surface area contributed by atoms with Gasteiger partial charge in [-0.2, -0.15) is 5.26 Å². The van der Waals surface area contributed by atoms with Gasteiger partial charge in [0, 0.05) is 5.56 Å². The minimum atomic E-state index is -0.630. The summed E-state index contributed by atoms with van der Waals surface area (Å²) in [5, 5.41) is 17.5. The molecule has 1 amide bonds. The van der Waals surface area contributed by atoms with E-state index in [4.69, 9.17) is 16.1 Å². The first kappa shape index (κ1) is 8.08. The summed E-state index contributed by atoms with van der Waals surface area (Å²) in [6, 6.07) is 5.66. The number of hydrogen-bond donors (Lipinski definition) is 2.